The summed E-state index contributed by atoms with van der Waals surface area (Å²) < 4.78 is 1.52. The van der Waals surface area contributed by atoms with Gasteiger partial charge < -0.3 is 14.6 Å². The Labute approximate surface area is 201 Å². The van der Waals surface area contributed by atoms with E-state index >= 15 is 0 Å². The molecule has 2 fully saturated rings. The van der Waals surface area contributed by atoms with Gasteiger partial charge in [0.15, 0.2) is 5.82 Å². The molecule has 2 aliphatic carbocycles. The largest absolute Gasteiger partial charge is 0.507 e. The molecule has 3 aromatic rings. The summed E-state index contributed by atoms with van der Waals surface area (Å²) in [5.74, 6) is 0.992. The van der Waals surface area contributed by atoms with Gasteiger partial charge in [-0.05, 0) is 84.4 Å². The summed E-state index contributed by atoms with van der Waals surface area (Å²) in [7, 11) is 3.85. The van der Waals surface area contributed by atoms with Gasteiger partial charge in [0.25, 0.3) is 5.56 Å². The first-order valence-electron chi connectivity index (χ1n) is 12.2. The van der Waals surface area contributed by atoms with Crippen molar-refractivity contribution < 1.29 is 5.11 Å². The Balaban J connectivity index is 1.36. The minimum atomic E-state index is -0.0868. The van der Waals surface area contributed by atoms with E-state index in [0.29, 0.717) is 28.1 Å². The highest BCUT2D eigenvalue weighted by molar-refractivity contribution is 5.74. The lowest BCUT2D eigenvalue weighted by Crippen LogP contribution is -2.49. The van der Waals surface area contributed by atoms with Crippen molar-refractivity contribution in [2.24, 2.45) is 17.9 Å². The van der Waals surface area contributed by atoms with E-state index in [9.17, 15) is 9.90 Å². The van der Waals surface area contributed by atoms with Crippen molar-refractivity contribution in [2.45, 2.75) is 58.4 Å². The topological polar surface area (TPSA) is 71.2 Å². The quantitative estimate of drug-likeness (QED) is 0.567. The number of aromatic nitrogens is 3. The standard InChI is InChI=1S/C28H34N4O2/c1-27-11-5-12-28(2,18-27)17-21(16-27)32(4)25-9-8-23(29-30-25)22-7-6-19(14-24(22)33)20-10-13-31(3)26(34)15-20/h6-10,13-15,21,33H,5,11-12,16-18H2,1-4H3/t21-,27-,28+. The molecule has 2 bridgehead atoms. The minimum Gasteiger partial charge on any atom is -0.507 e. The molecule has 1 aromatic carbocycles. The fourth-order valence-corrected chi connectivity index (χ4v) is 6.48. The first kappa shape index (κ1) is 22.6. The van der Waals surface area contributed by atoms with Crippen molar-refractivity contribution in [3.63, 3.8) is 0 Å². The zero-order valence-corrected chi connectivity index (χ0v) is 20.6. The Bertz CT molecular complexity index is 1250. The summed E-state index contributed by atoms with van der Waals surface area (Å²) in [6.45, 7) is 4.91. The number of benzene rings is 1. The molecular formula is C28H34N4O2. The lowest BCUT2D eigenvalue weighted by molar-refractivity contribution is 0.0141. The molecule has 0 radical (unpaired) electrons. The molecule has 6 nitrogen and oxygen atoms in total. The summed E-state index contributed by atoms with van der Waals surface area (Å²) in [5.41, 5.74) is 3.57. The number of hydrogen-bond donors (Lipinski definition) is 1. The molecule has 178 valence electrons. The van der Waals surface area contributed by atoms with Gasteiger partial charge in [-0.25, -0.2) is 0 Å². The van der Waals surface area contributed by atoms with E-state index in [1.54, 1.807) is 25.4 Å². The van der Waals surface area contributed by atoms with E-state index in [-0.39, 0.29) is 11.3 Å². The van der Waals surface area contributed by atoms with E-state index in [2.05, 4.69) is 36.0 Å². The number of phenols is 1. The molecular weight excluding hydrogens is 424 g/mol. The second-order valence-electron chi connectivity index (χ2n) is 11.2. The third-order valence-electron chi connectivity index (χ3n) is 8.14. The fraction of sp³-hybridized carbons (Fsp3) is 0.464. The summed E-state index contributed by atoms with van der Waals surface area (Å²) in [4.78, 5) is 14.3. The van der Waals surface area contributed by atoms with Crippen LogP contribution in [0, 0.1) is 10.8 Å². The van der Waals surface area contributed by atoms with Gasteiger partial charge in [-0.1, -0.05) is 26.3 Å². The number of pyridine rings is 1. The average molecular weight is 459 g/mol. The number of nitrogens with zero attached hydrogens (tertiary/aromatic N) is 4. The van der Waals surface area contributed by atoms with Crippen LogP contribution < -0.4 is 10.5 Å². The maximum absolute atomic E-state index is 12.0. The van der Waals surface area contributed by atoms with Crippen LogP contribution in [0.4, 0.5) is 5.82 Å². The highest BCUT2D eigenvalue weighted by Crippen LogP contribution is 2.56. The van der Waals surface area contributed by atoms with Gasteiger partial charge >= 0.3 is 0 Å². The van der Waals surface area contributed by atoms with Crippen LogP contribution in [0.15, 0.2) is 53.5 Å². The molecule has 1 N–H and O–H groups in total. The van der Waals surface area contributed by atoms with Gasteiger partial charge in [-0.3, -0.25) is 4.79 Å². The maximum Gasteiger partial charge on any atom is 0.250 e. The van der Waals surface area contributed by atoms with Crippen LogP contribution in [0.5, 0.6) is 5.75 Å². The number of anilines is 1. The number of aryl methyl sites for hydroxylation is 1. The highest BCUT2D eigenvalue weighted by Gasteiger charge is 2.47. The molecule has 0 unspecified atom stereocenters. The molecule has 2 aliphatic rings. The van der Waals surface area contributed by atoms with Crippen molar-refractivity contribution in [1.82, 2.24) is 14.8 Å². The SMILES string of the molecule is CN(c1ccc(-c2ccc(-c3ccn(C)c(=O)c3)cc2O)nn1)[C@H]1C[C@]2(C)CCC[C@](C)(C1)C2. The Morgan fingerprint density at radius 2 is 1.71 bits per heavy atom. The molecule has 2 saturated carbocycles. The fourth-order valence-electron chi connectivity index (χ4n) is 6.48. The Morgan fingerprint density at radius 3 is 2.32 bits per heavy atom. The van der Waals surface area contributed by atoms with Crippen LogP contribution in [0.25, 0.3) is 22.4 Å². The van der Waals surface area contributed by atoms with E-state index in [1.807, 2.05) is 30.3 Å². The van der Waals surface area contributed by atoms with Gasteiger partial charge in [0.2, 0.25) is 0 Å². The Kier molecular flexibility index (Phi) is 5.50. The molecule has 34 heavy (non-hydrogen) atoms. The van der Waals surface area contributed by atoms with Gasteiger partial charge in [0.1, 0.15) is 5.75 Å². The molecule has 2 heterocycles. The molecule has 0 saturated heterocycles. The summed E-state index contributed by atoms with van der Waals surface area (Å²) >= 11 is 0. The lowest BCUT2D eigenvalue weighted by atomic mass is 9.55. The van der Waals surface area contributed by atoms with Crippen molar-refractivity contribution in [2.75, 3.05) is 11.9 Å². The minimum absolute atomic E-state index is 0.0868. The van der Waals surface area contributed by atoms with Crippen molar-refractivity contribution >= 4 is 5.82 Å². The monoisotopic (exact) mass is 458 g/mol. The van der Waals surface area contributed by atoms with E-state index in [4.69, 9.17) is 0 Å². The zero-order chi connectivity index (χ0) is 24.1. The second kappa shape index (κ2) is 8.26. The van der Waals surface area contributed by atoms with Gasteiger partial charge in [0, 0.05) is 38.0 Å². The predicted molar refractivity (Wildman–Crippen MR) is 136 cm³/mol. The average Bonchev–Trinajstić information content (AvgIpc) is 2.79. The van der Waals surface area contributed by atoms with Crippen molar-refractivity contribution in [1.29, 1.82) is 0 Å². The number of fused-ring (bicyclic) bond motifs is 2. The third kappa shape index (κ3) is 4.22. The maximum atomic E-state index is 12.0. The van der Waals surface area contributed by atoms with E-state index < -0.39 is 0 Å². The van der Waals surface area contributed by atoms with Gasteiger partial charge in [-0.15, -0.1) is 10.2 Å². The van der Waals surface area contributed by atoms with Crippen molar-refractivity contribution in [3.05, 3.63) is 59.0 Å². The normalized spacial score (nSPS) is 26.3. The molecule has 5 rings (SSSR count). The first-order valence-corrected chi connectivity index (χ1v) is 12.2. The first-order chi connectivity index (χ1) is 16.1. The third-order valence-corrected chi connectivity index (χ3v) is 8.14. The Hall–Kier alpha value is -3.15. The summed E-state index contributed by atoms with van der Waals surface area (Å²) in [6.07, 6.45) is 9.46. The number of aromatic hydroxyl groups is 1. The highest BCUT2D eigenvalue weighted by atomic mass is 16.3. The Morgan fingerprint density at radius 1 is 1.00 bits per heavy atom. The van der Waals surface area contributed by atoms with Crippen LogP contribution in [-0.4, -0.2) is 33.0 Å². The van der Waals surface area contributed by atoms with Gasteiger partial charge in [0.05, 0.1) is 5.69 Å². The molecule has 3 atom stereocenters. The van der Waals surface area contributed by atoms with E-state index in [1.165, 1.54) is 43.1 Å². The summed E-state index contributed by atoms with van der Waals surface area (Å²) in [5, 5.41) is 19.7. The molecule has 0 aliphatic heterocycles. The molecule has 0 amide bonds. The van der Waals surface area contributed by atoms with Crippen LogP contribution >= 0.6 is 0 Å². The number of phenolic OH excluding ortho intramolecular Hbond substituents is 1. The number of rotatable bonds is 4. The zero-order valence-electron chi connectivity index (χ0n) is 20.6. The summed E-state index contributed by atoms with van der Waals surface area (Å²) in [6, 6.07) is 13.2. The lowest BCUT2D eigenvalue weighted by Gasteiger charge is -2.54. The van der Waals surface area contributed by atoms with Crippen molar-refractivity contribution in [3.8, 4) is 28.1 Å². The van der Waals surface area contributed by atoms with Crippen LogP contribution in [-0.2, 0) is 7.05 Å². The number of hydrogen-bond acceptors (Lipinski definition) is 5. The smallest absolute Gasteiger partial charge is 0.250 e. The van der Waals surface area contributed by atoms with Crippen LogP contribution in [0.1, 0.15) is 52.4 Å². The molecule has 0 spiro atoms. The van der Waals surface area contributed by atoms with Crippen LogP contribution in [0.2, 0.25) is 0 Å². The van der Waals surface area contributed by atoms with Crippen LogP contribution in [0.3, 0.4) is 0 Å². The van der Waals surface area contributed by atoms with E-state index in [0.717, 1.165) is 16.9 Å². The van der Waals surface area contributed by atoms with Gasteiger partial charge in [-0.2, -0.15) is 0 Å². The predicted octanol–water partition coefficient (Wildman–Crippen LogP) is 5.40. The second-order valence-corrected chi connectivity index (χ2v) is 11.2. The molecule has 6 heteroatoms. The molecule has 2 aromatic heterocycles.